The molecule has 1 fully saturated rings. The number of aliphatic carboxylic acids is 1. The fourth-order valence-corrected chi connectivity index (χ4v) is 2.68. The second-order valence-electron chi connectivity index (χ2n) is 5.28. The topological polar surface area (TPSA) is 67.1 Å². The van der Waals surface area contributed by atoms with Crippen LogP contribution < -0.4 is 5.32 Å². The van der Waals surface area contributed by atoms with Crippen molar-refractivity contribution >= 4 is 5.97 Å². The van der Waals surface area contributed by atoms with Crippen molar-refractivity contribution in [3.05, 3.63) is 48.3 Å². The molecular formula is C15H17N3O2. The molecule has 0 aliphatic carbocycles. The van der Waals surface area contributed by atoms with Gasteiger partial charge in [-0.2, -0.15) is 5.10 Å². The maximum atomic E-state index is 11.5. The monoisotopic (exact) mass is 271 g/mol. The zero-order valence-corrected chi connectivity index (χ0v) is 11.1. The summed E-state index contributed by atoms with van der Waals surface area (Å²) < 4.78 is 1.78. The molecule has 0 radical (unpaired) electrons. The smallest absolute Gasteiger partial charge is 0.311 e. The molecule has 2 heterocycles. The molecule has 104 valence electrons. The van der Waals surface area contributed by atoms with Crippen molar-refractivity contribution in [1.82, 2.24) is 15.1 Å². The van der Waals surface area contributed by atoms with Crippen LogP contribution in [0.15, 0.2) is 42.6 Å². The van der Waals surface area contributed by atoms with Crippen molar-refractivity contribution < 1.29 is 9.90 Å². The predicted octanol–water partition coefficient (Wildman–Crippen LogP) is 1.48. The number of nitrogens with one attached hydrogen (secondary N) is 1. The van der Waals surface area contributed by atoms with Crippen LogP contribution in [0.3, 0.4) is 0 Å². The number of hydrogen-bond donors (Lipinski definition) is 2. The van der Waals surface area contributed by atoms with Crippen LogP contribution in [0, 0.1) is 5.41 Å². The molecular weight excluding hydrogens is 254 g/mol. The lowest BCUT2D eigenvalue weighted by molar-refractivity contribution is -0.147. The summed E-state index contributed by atoms with van der Waals surface area (Å²) >= 11 is 0. The summed E-state index contributed by atoms with van der Waals surface area (Å²) in [5, 5.41) is 17.1. The summed E-state index contributed by atoms with van der Waals surface area (Å²) in [5.74, 6) is -0.739. The lowest BCUT2D eigenvalue weighted by Gasteiger charge is -2.21. The highest BCUT2D eigenvalue weighted by Gasteiger charge is 2.41. The molecule has 2 aromatic rings. The van der Waals surface area contributed by atoms with E-state index in [1.54, 1.807) is 4.68 Å². The minimum absolute atomic E-state index is 0.467. The lowest BCUT2D eigenvalue weighted by atomic mass is 9.82. The second-order valence-corrected chi connectivity index (χ2v) is 5.28. The largest absolute Gasteiger partial charge is 0.481 e. The van der Waals surface area contributed by atoms with Gasteiger partial charge in [-0.15, -0.1) is 0 Å². The first-order chi connectivity index (χ1) is 9.70. The van der Waals surface area contributed by atoms with E-state index in [0.717, 1.165) is 17.9 Å². The molecule has 1 aromatic carbocycles. The Morgan fingerprint density at radius 2 is 2.15 bits per heavy atom. The summed E-state index contributed by atoms with van der Waals surface area (Å²) in [7, 11) is 0. The Balaban J connectivity index is 1.82. The number of nitrogens with zero attached hydrogens (tertiary/aromatic N) is 2. The average Bonchev–Trinajstić information content (AvgIpc) is 3.10. The first-order valence-corrected chi connectivity index (χ1v) is 6.74. The molecule has 1 unspecified atom stereocenters. The van der Waals surface area contributed by atoms with Gasteiger partial charge in [0.1, 0.15) is 0 Å². The molecule has 1 saturated heterocycles. The Bertz CT molecular complexity index is 601. The van der Waals surface area contributed by atoms with Gasteiger partial charge in [0, 0.05) is 19.2 Å². The zero-order chi connectivity index (χ0) is 14.0. The van der Waals surface area contributed by atoms with Crippen LogP contribution in [0.2, 0.25) is 0 Å². The van der Waals surface area contributed by atoms with Gasteiger partial charge in [-0.25, -0.2) is 4.68 Å². The maximum Gasteiger partial charge on any atom is 0.311 e. The third-order valence-corrected chi connectivity index (χ3v) is 3.88. The second kappa shape index (κ2) is 5.09. The van der Waals surface area contributed by atoms with Crippen LogP contribution in [0.25, 0.3) is 5.69 Å². The Hall–Kier alpha value is -2.14. The van der Waals surface area contributed by atoms with Gasteiger partial charge in [0.15, 0.2) is 0 Å². The summed E-state index contributed by atoms with van der Waals surface area (Å²) in [5.41, 5.74) is 1.09. The number of carboxylic acids is 1. The Kier molecular flexibility index (Phi) is 3.28. The van der Waals surface area contributed by atoms with Crippen molar-refractivity contribution in [2.75, 3.05) is 13.1 Å². The fraction of sp³-hybridized carbons (Fsp3) is 0.333. The molecule has 20 heavy (non-hydrogen) atoms. The number of carboxylic acid groups (broad SMARTS) is 1. The highest BCUT2D eigenvalue weighted by molar-refractivity contribution is 5.75. The van der Waals surface area contributed by atoms with Crippen molar-refractivity contribution in [1.29, 1.82) is 0 Å². The Morgan fingerprint density at radius 1 is 1.35 bits per heavy atom. The summed E-state index contributed by atoms with van der Waals surface area (Å²) in [6.45, 7) is 1.27. The quantitative estimate of drug-likeness (QED) is 0.884. The Labute approximate surface area is 117 Å². The molecule has 1 aliphatic heterocycles. The molecule has 0 spiro atoms. The standard InChI is InChI=1S/C15H17N3O2/c19-14(20)15(7-8-16-11-15)10-12-6-9-18(17-12)13-4-2-1-3-5-13/h1-6,9,16H,7-8,10-11H2,(H,19,20). The van der Waals surface area contributed by atoms with E-state index in [1.807, 2.05) is 42.6 Å². The molecule has 0 saturated carbocycles. The van der Waals surface area contributed by atoms with E-state index in [-0.39, 0.29) is 0 Å². The third kappa shape index (κ3) is 2.32. The van der Waals surface area contributed by atoms with Crippen molar-refractivity contribution in [3.63, 3.8) is 0 Å². The molecule has 3 rings (SSSR count). The number of benzene rings is 1. The number of hydrogen-bond acceptors (Lipinski definition) is 3. The van der Waals surface area contributed by atoms with E-state index in [2.05, 4.69) is 10.4 Å². The van der Waals surface area contributed by atoms with Crippen molar-refractivity contribution in [2.24, 2.45) is 5.41 Å². The van der Waals surface area contributed by atoms with E-state index in [9.17, 15) is 9.90 Å². The number of carbonyl (C=O) groups is 1. The molecule has 0 bridgehead atoms. The predicted molar refractivity (Wildman–Crippen MR) is 74.8 cm³/mol. The van der Waals surface area contributed by atoms with Gasteiger partial charge in [0.25, 0.3) is 0 Å². The molecule has 1 atom stereocenters. The minimum Gasteiger partial charge on any atom is -0.481 e. The van der Waals surface area contributed by atoms with Crippen LogP contribution >= 0.6 is 0 Å². The SMILES string of the molecule is O=C(O)C1(Cc2ccn(-c3ccccc3)n2)CCNC1. The number of para-hydroxylation sites is 1. The van der Waals surface area contributed by atoms with Gasteiger partial charge < -0.3 is 10.4 Å². The van der Waals surface area contributed by atoms with Gasteiger partial charge in [0.05, 0.1) is 16.8 Å². The molecule has 1 aliphatic rings. The minimum atomic E-state index is -0.739. The van der Waals surface area contributed by atoms with Crippen LogP contribution in [0.4, 0.5) is 0 Å². The van der Waals surface area contributed by atoms with Crippen molar-refractivity contribution in [3.8, 4) is 5.69 Å². The van der Waals surface area contributed by atoms with E-state index in [0.29, 0.717) is 19.4 Å². The summed E-state index contributed by atoms with van der Waals surface area (Å²) in [6.07, 6.45) is 3.00. The summed E-state index contributed by atoms with van der Waals surface area (Å²) in [4.78, 5) is 11.5. The van der Waals surface area contributed by atoms with Crippen LogP contribution in [0.1, 0.15) is 12.1 Å². The Morgan fingerprint density at radius 3 is 2.80 bits per heavy atom. The molecule has 5 heteroatoms. The van der Waals surface area contributed by atoms with Gasteiger partial charge in [-0.1, -0.05) is 18.2 Å². The average molecular weight is 271 g/mol. The van der Waals surface area contributed by atoms with Gasteiger partial charge in [-0.05, 0) is 31.2 Å². The normalized spacial score (nSPS) is 22.0. The van der Waals surface area contributed by atoms with Crippen LogP contribution in [-0.2, 0) is 11.2 Å². The first kappa shape index (κ1) is 12.9. The zero-order valence-electron chi connectivity index (χ0n) is 11.1. The highest BCUT2D eigenvalue weighted by Crippen LogP contribution is 2.30. The van der Waals surface area contributed by atoms with Crippen LogP contribution in [0.5, 0.6) is 0 Å². The van der Waals surface area contributed by atoms with Gasteiger partial charge in [-0.3, -0.25) is 4.79 Å². The first-order valence-electron chi connectivity index (χ1n) is 6.74. The fourth-order valence-electron chi connectivity index (χ4n) is 2.68. The van der Waals surface area contributed by atoms with E-state index in [4.69, 9.17) is 0 Å². The highest BCUT2D eigenvalue weighted by atomic mass is 16.4. The van der Waals surface area contributed by atoms with E-state index in [1.165, 1.54) is 0 Å². The number of rotatable bonds is 4. The van der Waals surface area contributed by atoms with E-state index >= 15 is 0 Å². The molecule has 0 amide bonds. The maximum absolute atomic E-state index is 11.5. The number of aromatic nitrogens is 2. The molecule has 1 aromatic heterocycles. The molecule has 2 N–H and O–H groups in total. The summed E-state index contributed by atoms with van der Waals surface area (Å²) in [6, 6.07) is 11.7. The van der Waals surface area contributed by atoms with Gasteiger partial charge in [0.2, 0.25) is 0 Å². The third-order valence-electron chi connectivity index (χ3n) is 3.88. The molecule has 5 nitrogen and oxygen atoms in total. The van der Waals surface area contributed by atoms with Gasteiger partial charge >= 0.3 is 5.97 Å². The van der Waals surface area contributed by atoms with Crippen LogP contribution in [-0.4, -0.2) is 33.9 Å². The van der Waals surface area contributed by atoms with Crippen molar-refractivity contribution in [2.45, 2.75) is 12.8 Å². The van der Waals surface area contributed by atoms with E-state index < -0.39 is 11.4 Å². The lowest BCUT2D eigenvalue weighted by Crippen LogP contribution is -2.35.